The summed E-state index contributed by atoms with van der Waals surface area (Å²) in [6, 6.07) is 4.68. The van der Waals surface area contributed by atoms with Gasteiger partial charge in [0.25, 0.3) is 0 Å². The van der Waals surface area contributed by atoms with E-state index in [2.05, 4.69) is 36.8 Å². The largest absolute Gasteiger partial charge is 0.379 e. The van der Waals surface area contributed by atoms with Crippen LogP contribution in [0.5, 0.6) is 0 Å². The Bertz CT molecular complexity index is 409. The zero-order valence-electron chi connectivity index (χ0n) is 10.4. The van der Waals surface area contributed by atoms with Crippen LogP contribution in [0, 0.1) is 0 Å². The molecule has 3 heterocycles. The molecule has 1 aromatic heterocycles. The first-order valence-corrected chi connectivity index (χ1v) is 7.31. The molecule has 2 aliphatic rings. The van der Waals surface area contributed by atoms with Crippen LogP contribution >= 0.6 is 15.9 Å². The standard InChI is InChI=1S/C13H18BrN3O/c14-12-2-1-4-15-13(12)17-5-3-11(10-17)16-6-8-18-9-7-16/h1-2,4,11H,3,5-10H2. The lowest BCUT2D eigenvalue weighted by Gasteiger charge is -2.32. The molecule has 0 amide bonds. The van der Waals surface area contributed by atoms with Gasteiger partial charge in [-0.25, -0.2) is 4.98 Å². The predicted octanol–water partition coefficient (Wildman–Crippen LogP) is 1.75. The Morgan fingerprint density at radius 3 is 2.89 bits per heavy atom. The zero-order valence-corrected chi connectivity index (χ0v) is 12.0. The van der Waals surface area contributed by atoms with Crippen molar-refractivity contribution in [3.8, 4) is 0 Å². The number of pyridine rings is 1. The molecular weight excluding hydrogens is 294 g/mol. The Hall–Kier alpha value is -0.650. The number of hydrogen-bond acceptors (Lipinski definition) is 4. The Morgan fingerprint density at radius 1 is 1.28 bits per heavy atom. The van der Waals surface area contributed by atoms with Gasteiger partial charge in [-0.3, -0.25) is 4.90 Å². The van der Waals surface area contributed by atoms with Gasteiger partial charge in [-0.15, -0.1) is 0 Å². The van der Waals surface area contributed by atoms with Gasteiger partial charge in [-0.05, 0) is 34.5 Å². The number of halogens is 1. The minimum Gasteiger partial charge on any atom is -0.379 e. The van der Waals surface area contributed by atoms with Crippen LogP contribution in [0.1, 0.15) is 6.42 Å². The van der Waals surface area contributed by atoms with E-state index in [-0.39, 0.29) is 0 Å². The molecule has 98 valence electrons. The molecule has 0 bridgehead atoms. The number of morpholine rings is 1. The summed E-state index contributed by atoms with van der Waals surface area (Å²) in [5.74, 6) is 1.08. The van der Waals surface area contributed by atoms with E-state index < -0.39 is 0 Å². The number of hydrogen-bond donors (Lipinski definition) is 0. The molecular formula is C13H18BrN3O. The normalized spacial score (nSPS) is 25.6. The van der Waals surface area contributed by atoms with Gasteiger partial charge in [-0.2, -0.15) is 0 Å². The fourth-order valence-corrected chi connectivity index (χ4v) is 3.29. The molecule has 3 rings (SSSR count). The average Bonchev–Trinajstić information content (AvgIpc) is 2.90. The summed E-state index contributed by atoms with van der Waals surface area (Å²) in [6.07, 6.45) is 3.09. The fraction of sp³-hybridized carbons (Fsp3) is 0.615. The minimum atomic E-state index is 0.655. The Balaban J connectivity index is 1.66. The Labute approximate surface area is 116 Å². The fourth-order valence-electron chi connectivity index (χ4n) is 2.78. The molecule has 2 aliphatic heterocycles. The van der Waals surface area contributed by atoms with Crippen LogP contribution in [0.3, 0.4) is 0 Å². The van der Waals surface area contributed by atoms with Gasteiger partial charge in [-0.1, -0.05) is 0 Å². The topological polar surface area (TPSA) is 28.6 Å². The highest BCUT2D eigenvalue weighted by Gasteiger charge is 2.29. The van der Waals surface area contributed by atoms with Gasteiger partial charge < -0.3 is 9.64 Å². The summed E-state index contributed by atoms with van der Waals surface area (Å²) in [7, 11) is 0. The smallest absolute Gasteiger partial charge is 0.142 e. The van der Waals surface area contributed by atoms with Gasteiger partial charge in [0.15, 0.2) is 0 Å². The Morgan fingerprint density at radius 2 is 2.11 bits per heavy atom. The van der Waals surface area contributed by atoms with Crippen molar-refractivity contribution in [1.82, 2.24) is 9.88 Å². The summed E-state index contributed by atoms with van der Waals surface area (Å²) >= 11 is 3.58. The molecule has 2 saturated heterocycles. The van der Waals surface area contributed by atoms with Gasteiger partial charge in [0.2, 0.25) is 0 Å². The molecule has 0 spiro atoms. The highest BCUT2D eigenvalue weighted by atomic mass is 79.9. The molecule has 0 N–H and O–H groups in total. The first-order chi connectivity index (χ1) is 8.84. The van der Waals surface area contributed by atoms with E-state index in [9.17, 15) is 0 Å². The van der Waals surface area contributed by atoms with Gasteiger partial charge >= 0.3 is 0 Å². The van der Waals surface area contributed by atoms with Crippen molar-refractivity contribution < 1.29 is 4.74 Å². The summed E-state index contributed by atoms with van der Waals surface area (Å²) in [5, 5.41) is 0. The molecule has 0 radical (unpaired) electrons. The van der Waals surface area contributed by atoms with Crippen molar-refractivity contribution in [3.63, 3.8) is 0 Å². The van der Waals surface area contributed by atoms with Gasteiger partial charge in [0.05, 0.1) is 17.7 Å². The van der Waals surface area contributed by atoms with Crippen molar-refractivity contribution in [2.24, 2.45) is 0 Å². The number of aromatic nitrogens is 1. The molecule has 0 aliphatic carbocycles. The summed E-state index contributed by atoms with van der Waals surface area (Å²) in [6.45, 7) is 6.07. The quantitative estimate of drug-likeness (QED) is 0.832. The summed E-state index contributed by atoms with van der Waals surface area (Å²) < 4.78 is 6.51. The minimum absolute atomic E-state index is 0.655. The van der Waals surface area contributed by atoms with Crippen LogP contribution in [-0.2, 0) is 4.74 Å². The second-order valence-corrected chi connectivity index (χ2v) is 5.70. The lowest BCUT2D eigenvalue weighted by Crippen LogP contribution is -2.44. The van der Waals surface area contributed by atoms with Crippen molar-refractivity contribution in [3.05, 3.63) is 22.8 Å². The maximum atomic E-state index is 5.41. The summed E-state index contributed by atoms with van der Waals surface area (Å²) in [4.78, 5) is 9.41. The maximum Gasteiger partial charge on any atom is 0.142 e. The van der Waals surface area contributed by atoms with Crippen LogP contribution in [0.4, 0.5) is 5.82 Å². The average molecular weight is 312 g/mol. The molecule has 1 atom stereocenters. The first-order valence-electron chi connectivity index (χ1n) is 6.52. The van der Waals surface area contributed by atoms with Gasteiger partial charge in [0.1, 0.15) is 5.82 Å². The number of rotatable bonds is 2. The second-order valence-electron chi connectivity index (χ2n) is 4.85. The van der Waals surface area contributed by atoms with Crippen LogP contribution in [0.15, 0.2) is 22.8 Å². The third kappa shape index (κ3) is 2.53. The van der Waals surface area contributed by atoms with E-state index in [1.54, 1.807) is 0 Å². The lowest BCUT2D eigenvalue weighted by molar-refractivity contribution is 0.0209. The number of ether oxygens (including phenoxy) is 1. The lowest BCUT2D eigenvalue weighted by atomic mass is 10.2. The van der Waals surface area contributed by atoms with Crippen molar-refractivity contribution in [2.45, 2.75) is 12.5 Å². The molecule has 1 unspecified atom stereocenters. The summed E-state index contributed by atoms with van der Waals surface area (Å²) in [5.41, 5.74) is 0. The molecule has 1 aromatic rings. The van der Waals surface area contributed by atoms with Gasteiger partial charge in [0, 0.05) is 38.4 Å². The SMILES string of the molecule is Brc1cccnc1N1CCC(N2CCOCC2)C1. The monoisotopic (exact) mass is 311 g/mol. The third-order valence-electron chi connectivity index (χ3n) is 3.76. The Kier molecular flexibility index (Phi) is 3.82. The van der Waals surface area contributed by atoms with E-state index in [0.29, 0.717) is 6.04 Å². The number of nitrogens with zero attached hydrogens (tertiary/aromatic N) is 3. The van der Waals surface area contributed by atoms with E-state index in [1.165, 1.54) is 6.42 Å². The molecule has 0 aromatic carbocycles. The highest BCUT2D eigenvalue weighted by Crippen LogP contribution is 2.27. The highest BCUT2D eigenvalue weighted by molar-refractivity contribution is 9.10. The van der Waals surface area contributed by atoms with Crippen molar-refractivity contribution in [2.75, 3.05) is 44.3 Å². The third-order valence-corrected chi connectivity index (χ3v) is 4.38. The van der Waals surface area contributed by atoms with E-state index in [0.717, 1.165) is 49.7 Å². The van der Waals surface area contributed by atoms with E-state index >= 15 is 0 Å². The zero-order chi connectivity index (χ0) is 12.4. The van der Waals surface area contributed by atoms with Crippen LogP contribution in [-0.4, -0.2) is 55.3 Å². The molecule has 4 nitrogen and oxygen atoms in total. The van der Waals surface area contributed by atoms with Crippen molar-refractivity contribution >= 4 is 21.7 Å². The van der Waals surface area contributed by atoms with Crippen LogP contribution < -0.4 is 4.90 Å². The second kappa shape index (κ2) is 5.55. The van der Waals surface area contributed by atoms with Crippen molar-refractivity contribution in [1.29, 1.82) is 0 Å². The number of anilines is 1. The predicted molar refractivity (Wildman–Crippen MR) is 74.9 cm³/mol. The first kappa shape index (κ1) is 12.4. The molecule has 0 saturated carbocycles. The molecule has 2 fully saturated rings. The maximum absolute atomic E-state index is 5.41. The van der Waals surface area contributed by atoms with Crippen LogP contribution in [0.25, 0.3) is 0 Å². The van der Waals surface area contributed by atoms with E-state index in [1.807, 2.05) is 12.3 Å². The molecule has 5 heteroatoms. The van der Waals surface area contributed by atoms with E-state index in [4.69, 9.17) is 4.74 Å². The molecule has 18 heavy (non-hydrogen) atoms. The van der Waals surface area contributed by atoms with Crippen LogP contribution in [0.2, 0.25) is 0 Å².